The van der Waals surface area contributed by atoms with Crippen LogP contribution in [0.25, 0.3) is 33.4 Å². The molecule has 0 unspecified atom stereocenters. The second-order valence-corrected chi connectivity index (χ2v) is 9.64. The highest BCUT2D eigenvalue weighted by Crippen LogP contribution is 2.34. The Hall–Kier alpha value is -3.70. The lowest BCUT2D eigenvalue weighted by Gasteiger charge is -2.26. The molecule has 4 heterocycles. The van der Waals surface area contributed by atoms with Crippen LogP contribution in [-0.4, -0.2) is 60.5 Å². The number of nitrogens with one attached hydrogen (secondary N) is 1. The van der Waals surface area contributed by atoms with Crippen molar-refractivity contribution in [1.82, 2.24) is 14.9 Å². The molecule has 4 aromatic rings. The maximum atomic E-state index is 9.83. The van der Waals surface area contributed by atoms with E-state index in [-0.39, 0.29) is 6.10 Å². The second-order valence-electron chi connectivity index (χ2n) is 9.64. The molecule has 6 rings (SSSR count). The number of morpholine rings is 1. The first-order valence-corrected chi connectivity index (χ1v) is 13.9. The summed E-state index contributed by atoms with van der Waals surface area (Å²) < 4.78 is 17.0. The number of ether oxygens (including phenoxy) is 3. The standard InChI is InChI=1S/C30H30N4O3.C2H6/c31-19-24-17-23(5-6-29(24)37-25-8-13-35-14-9-25)26-7-10-32-30-27(26)18-28(33-30)22-3-1-21(2-4-22)20-34-11-15-36-16-12-34;1-2/h1-7,10,17-18,25H,8-9,11-16,20H2,(H,32,33);1-2H3. The highest BCUT2D eigenvalue weighted by atomic mass is 16.5. The fraction of sp³-hybridized carbons (Fsp3) is 0.375. The van der Waals surface area contributed by atoms with Crippen LogP contribution in [0.4, 0.5) is 0 Å². The van der Waals surface area contributed by atoms with Gasteiger partial charge < -0.3 is 19.2 Å². The second kappa shape index (κ2) is 12.9. The van der Waals surface area contributed by atoms with Crippen LogP contribution in [0.15, 0.2) is 60.8 Å². The average molecular weight is 525 g/mol. The molecule has 2 aromatic heterocycles. The number of rotatable bonds is 6. The van der Waals surface area contributed by atoms with E-state index in [0.29, 0.717) is 24.5 Å². The molecule has 0 bridgehead atoms. The Labute approximate surface area is 230 Å². The van der Waals surface area contributed by atoms with Crippen LogP contribution in [-0.2, 0) is 16.0 Å². The fourth-order valence-corrected chi connectivity index (χ4v) is 5.10. The third kappa shape index (κ3) is 6.31. The van der Waals surface area contributed by atoms with Gasteiger partial charge in [0.2, 0.25) is 0 Å². The number of aromatic nitrogens is 2. The van der Waals surface area contributed by atoms with Gasteiger partial charge in [-0.3, -0.25) is 4.90 Å². The van der Waals surface area contributed by atoms with Gasteiger partial charge in [0.1, 0.15) is 23.6 Å². The summed E-state index contributed by atoms with van der Waals surface area (Å²) >= 11 is 0. The quantitative estimate of drug-likeness (QED) is 0.324. The van der Waals surface area contributed by atoms with Gasteiger partial charge in [-0.2, -0.15) is 5.26 Å². The number of aromatic amines is 1. The number of fused-ring (bicyclic) bond motifs is 1. The van der Waals surface area contributed by atoms with Crippen LogP contribution in [0.5, 0.6) is 5.75 Å². The molecule has 0 spiro atoms. The summed E-state index contributed by atoms with van der Waals surface area (Å²) in [6, 6.07) is 21.0. The molecule has 0 amide bonds. The normalized spacial score (nSPS) is 16.3. The van der Waals surface area contributed by atoms with Gasteiger partial charge in [-0.15, -0.1) is 0 Å². The third-order valence-corrected chi connectivity index (χ3v) is 7.18. The molecule has 2 aliphatic heterocycles. The molecule has 0 aliphatic carbocycles. The van der Waals surface area contributed by atoms with Crippen molar-refractivity contribution >= 4 is 11.0 Å². The molecular formula is C32H36N4O3. The molecule has 2 saturated heterocycles. The zero-order valence-electron chi connectivity index (χ0n) is 22.8. The zero-order chi connectivity index (χ0) is 27.0. The summed E-state index contributed by atoms with van der Waals surface area (Å²) in [6.07, 6.45) is 3.59. The number of hydrogen-bond acceptors (Lipinski definition) is 6. The van der Waals surface area contributed by atoms with Crippen LogP contribution in [0.3, 0.4) is 0 Å². The maximum Gasteiger partial charge on any atom is 0.138 e. The highest BCUT2D eigenvalue weighted by molar-refractivity contribution is 5.96. The van der Waals surface area contributed by atoms with E-state index >= 15 is 0 Å². The average Bonchev–Trinajstić information content (AvgIpc) is 3.45. The van der Waals surface area contributed by atoms with Gasteiger partial charge >= 0.3 is 0 Å². The van der Waals surface area contributed by atoms with E-state index in [2.05, 4.69) is 51.3 Å². The molecule has 1 N–H and O–H groups in total. The van der Waals surface area contributed by atoms with Gasteiger partial charge in [-0.1, -0.05) is 44.2 Å². The third-order valence-electron chi connectivity index (χ3n) is 7.18. The molecule has 7 nitrogen and oxygen atoms in total. The van der Waals surface area contributed by atoms with Crippen LogP contribution >= 0.6 is 0 Å². The summed E-state index contributed by atoms with van der Waals surface area (Å²) in [5, 5.41) is 10.9. The minimum absolute atomic E-state index is 0.0896. The minimum Gasteiger partial charge on any atom is -0.489 e. The van der Waals surface area contributed by atoms with E-state index in [1.54, 1.807) is 0 Å². The van der Waals surface area contributed by atoms with E-state index in [1.165, 1.54) is 5.56 Å². The lowest BCUT2D eigenvalue weighted by Crippen LogP contribution is -2.35. The first-order valence-electron chi connectivity index (χ1n) is 13.9. The van der Waals surface area contributed by atoms with Gasteiger partial charge in [-0.25, -0.2) is 4.98 Å². The minimum atomic E-state index is 0.0896. The molecule has 0 radical (unpaired) electrons. The smallest absolute Gasteiger partial charge is 0.138 e. The first kappa shape index (κ1) is 26.9. The van der Waals surface area contributed by atoms with Crippen molar-refractivity contribution in [3.05, 3.63) is 71.9 Å². The SMILES string of the molecule is CC.N#Cc1cc(-c2ccnc3[nH]c(-c4ccc(CN5CCOCC5)cc4)cc23)ccc1OC1CCOCC1. The predicted molar refractivity (Wildman–Crippen MR) is 154 cm³/mol. The number of benzene rings is 2. The summed E-state index contributed by atoms with van der Waals surface area (Å²) in [5.41, 5.74) is 6.81. The van der Waals surface area contributed by atoms with Crippen molar-refractivity contribution in [1.29, 1.82) is 5.26 Å². The van der Waals surface area contributed by atoms with Gasteiger partial charge in [0.15, 0.2) is 0 Å². The van der Waals surface area contributed by atoms with Crippen molar-refractivity contribution in [3.8, 4) is 34.2 Å². The molecule has 0 saturated carbocycles. The van der Waals surface area contributed by atoms with E-state index in [0.717, 1.165) is 79.1 Å². The number of nitrogens with zero attached hydrogens (tertiary/aromatic N) is 3. The van der Waals surface area contributed by atoms with E-state index < -0.39 is 0 Å². The molecule has 39 heavy (non-hydrogen) atoms. The Morgan fingerprint density at radius 3 is 2.41 bits per heavy atom. The van der Waals surface area contributed by atoms with Crippen LogP contribution < -0.4 is 4.74 Å². The van der Waals surface area contributed by atoms with Crippen molar-refractivity contribution < 1.29 is 14.2 Å². The number of hydrogen-bond donors (Lipinski definition) is 1. The Kier molecular flexibility index (Phi) is 8.89. The maximum absolute atomic E-state index is 9.83. The van der Waals surface area contributed by atoms with E-state index in [1.807, 2.05) is 44.3 Å². The van der Waals surface area contributed by atoms with Crippen LogP contribution in [0, 0.1) is 11.3 Å². The first-order chi connectivity index (χ1) is 19.3. The number of pyridine rings is 1. The largest absolute Gasteiger partial charge is 0.489 e. The van der Waals surface area contributed by atoms with Crippen molar-refractivity contribution in [2.24, 2.45) is 0 Å². The summed E-state index contributed by atoms with van der Waals surface area (Å²) in [6.45, 7) is 9.92. The molecule has 7 heteroatoms. The van der Waals surface area contributed by atoms with Gasteiger partial charge in [0.25, 0.3) is 0 Å². The van der Waals surface area contributed by atoms with Gasteiger partial charge in [0.05, 0.1) is 32.0 Å². The molecular weight excluding hydrogens is 488 g/mol. The van der Waals surface area contributed by atoms with E-state index in [9.17, 15) is 5.26 Å². The monoisotopic (exact) mass is 524 g/mol. The van der Waals surface area contributed by atoms with Crippen molar-refractivity contribution in [3.63, 3.8) is 0 Å². The molecule has 2 fully saturated rings. The molecule has 0 atom stereocenters. The highest BCUT2D eigenvalue weighted by Gasteiger charge is 2.18. The summed E-state index contributed by atoms with van der Waals surface area (Å²) in [5.74, 6) is 0.635. The predicted octanol–water partition coefficient (Wildman–Crippen LogP) is 6.18. The Balaban J connectivity index is 0.00000151. The molecule has 202 valence electrons. The number of nitriles is 1. The summed E-state index contributed by atoms with van der Waals surface area (Å²) in [7, 11) is 0. The Morgan fingerprint density at radius 2 is 1.67 bits per heavy atom. The lowest BCUT2D eigenvalue weighted by atomic mass is 10.0. The van der Waals surface area contributed by atoms with Crippen LogP contribution in [0.2, 0.25) is 0 Å². The van der Waals surface area contributed by atoms with Gasteiger partial charge in [0, 0.05) is 49.8 Å². The van der Waals surface area contributed by atoms with Gasteiger partial charge in [-0.05, 0) is 46.5 Å². The Bertz CT molecular complexity index is 1410. The lowest BCUT2D eigenvalue weighted by molar-refractivity contribution is 0.0254. The number of H-pyrrole nitrogens is 1. The topological polar surface area (TPSA) is 83.4 Å². The van der Waals surface area contributed by atoms with E-state index in [4.69, 9.17) is 14.2 Å². The molecule has 2 aliphatic rings. The zero-order valence-corrected chi connectivity index (χ0v) is 22.8. The summed E-state index contributed by atoms with van der Waals surface area (Å²) in [4.78, 5) is 10.5. The van der Waals surface area contributed by atoms with Crippen LogP contribution in [0.1, 0.15) is 37.8 Å². The molecule has 2 aromatic carbocycles. The van der Waals surface area contributed by atoms with Crippen molar-refractivity contribution in [2.45, 2.75) is 39.3 Å². The fourth-order valence-electron chi connectivity index (χ4n) is 5.10. The Morgan fingerprint density at radius 1 is 0.949 bits per heavy atom. The van der Waals surface area contributed by atoms with Crippen molar-refractivity contribution in [2.75, 3.05) is 39.5 Å².